The molecule has 0 bridgehead atoms. The van der Waals surface area contributed by atoms with Crippen molar-refractivity contribution in [2.45, 2.75) is 6.61 Å². The predicted molar refractivity (Wildman–Crippen MR) is 56.7 cm³/mol. The van der Waals surface area contributed by atoms with Crippen molar-refractivity contribution in [1.29, 1.82) is 0 Å². The molecule has 0 radical (unpaired) electrons. The van der Waals surface area contributed by atoms with Crippen LogP contribution < -0.4 is 4.74 Å². The van der Waals surface area contributed by atoms with E-state index in [0.717, 1.165) is 5.69 Å². The van der Waals surface area contributed by atoms with Gasteiger partial charge in [0.25, 0.3) is 0 Å². The van der Waals surface area contributed by atoms with Crippen LogP contribution in [0.5, 0.6) is 11.5 Å². The molecule has 0 aliphatic heterocycles. The standard InChI is InChI=1S/C12H11NO2/c14-11-5-3-6-12(8-11)15-9-10-4-1-2-7-13-10/h1-8,14H,9H2. The third-order valence-electron chi connectivity index (χ3n) is 1.93. The molecule has 2 aromatic rings. The van der Waals surface area contributed by atoms with Gasteiger partial charge in [0, 0.05) is 12.3 Å². The molecule has 2 rings (SSSR count). The van der Waals surface area contributed by atoms with Crippen LogP contribution in [0.3, 0.4) is 0 Å². The van der Waals surface area contributed by atoms with Gasteiger partial charge in [-0.1, -0.05) is 12.1 Å². The highest BCUT2D eigenvalue weighted by Gasteiger charge is 1.96. The van der Waals surface area contributed by atoms with E-state index in [4.69, 9.17) is 4.74 Å². The third kappa shape index (κ3) is 2.71. The monoisotopic (exact) mass is 201 g/mol. The molecule has 0 amide bonds. The summed E-state index contributed by atoms with van der Waals surface area (Å²) >= 11 is 0. The normalized spacial score (nSPS) is 9.87. The summed E-state index contributed by atoms with van der Waals surface area (Å²) in [5.74, 6) is 0.842. The van der Waals surface area contributed by atoms with Crippen molar-refractivity contribution < 1.29 is 9.84 Å². The van der Waals surface area contributed by atoms with E-state index < -0.39 is 0 Å². The van der Waals surface area contributed by atoms with Crippen LogP contribution >= 0.6 is 0 Å². The summed E-state index contributed by atoms with van der Waals surface area (Å²) in [6.45, 7) is 0.407. The van der Waals surface area contributed by atoms with Gasteiger partial charge in [0.05, 0.1) is 5.69 Å². The Morgan fingerprint density at radius 3 is 2.80 bits per heavy atom. The number of benzene rings is 1. The molecule has 1 aromatic carbocycles. The number of pyridine rings is 1. The first-order valence-corrected chi connectivity index (χ1v) is 4.66. The Balaban J connectivity index is 1.99. The second-order valence-corrected chi connectivity index (χ2v) is 3.11. The smallest absolute Gasteiger partial charge is 0.130 e. The number of hydrogen-bond donors (Lipinski definition) is 1. The molecule has 1 heterocycles. The van der Waals surface area contributed by atoms with Gasteiger partial charge in [-0.05, 0) is 24.3 Å². The molecular weight excluding hydrogens is 190 g/mol. The lowest BCUT2D eigenvalue weighted by molar-refractivity contribution is 0.299. The van der Waals surface area contributed by atoms with Crippen LogP contribution in [0, 0.1) is 0 Å². The first-order valence-electron chi connectivity index (χ1n) is 4.66. The van der Waals surface area contributed by atoms with E-state index in [9.17, 15) is 5.11 Å². The SMILES string of the molecule is Oc1cccc(OCc2ccccn2)c1. The van der Waals surface area contributed by atoms with Gasteiger partial charge in [0.2, 0.25) is 0 Å². The maximum absolute atomic E-state index is 9.21. The number of phenolic OH excluding ortho intramolecular Hbond substituents is 1. The van der Waals surface area contributed by atoms with Crippen LogP contribution in [0.4, 0.5) is 0 Å². The summed E-state index contributed by atoms with van der Waals surface area (Å²) < 4.78 is 5.45. The first kappa shape index (κ1) is 9.52. The fourth-order valence-corrected chi connectivity index (χ4v) is 1.21. The summed E-state index contributed by atoms with van der Waals surface area (Å²) in [6, 6.07) is 12.4. The minimum Gasteiger partial charge on any atom is -0.508 e. The van der Waals surface area contributed by atoms with Crippen LogP contribution in [0.15, 0.2) is 48.7 Å². The minimum absolute atomic E-state index is 0.202. The van der Waals surface area contributed by atoms with E-state index in [1.807, 2.05) is 18.2 Å². The average molecular weight is 201 g/mol. The van der Waals surface area contributed by atoms with Gasteiger partial charge in [0.15, 0.2) is 0 Å². The van der Waals surface area contributed by atoms with E-state index in [-0.39, 0.29) is 5.75 Å². The zero-order chi connectivity index (χ0) is 10.5. The molecule has 0 saturated heterocycles. The van der Waals surface area contributed by atoms with Crippen LogP contribution in [0.2, 0.25) is 0 Å². The molecule has 3 heteroatoms. The van der Waals surface area contributed by atoms with Crippen molar-refractivity contribution in [3.05, 3.63) is 54.4 Å². The third-order valence-corrected chi connectivity index (χ3v) is 1.93. The Labute approximate surface area is 88.0 Å². The minimum atomic E-state index is 0.202. The molecule has 0 aliphatic carbocycles. The molecule has 0 fully saturated rings. The summed E-state index contributed by atoms with van der Waals surface area (Å²) in [5.41, 5.74) is 0.862. The predicted octanol–water partition coefficient (Wildman–Crippen LogP) is 2.37. The highest BCUT2D eigenvalue weighted by atomic mass is 16.5. The molecule has 0 aliphatic rings. The highest BCUT2D eigenvalue weighted by molar-refractivity contribution is 5.31. The quantitative estimate of drug-likeness (QED) is 0.828. The van der Waals surface area contributed by atoms with Crippen molar-refractivity contribution >= 4 is 0 Å². The van der Waals surface area contributed by atoms with Crippen LogP contribution in [0.25, 0.3) is 0 Å². The van der Waals surface area contributed by atoms with E-state index >= 15 is 0 Å². The lowest BCUT2D eigenvalue weighted by Crippen LogP contribution is -1.96. The Kier molecular flexibility index (Phi) is 2.83. The number of phenols is 1. The van der Waals surface area contributed by atoms with Gasteiger partial charge in [-0.25, -0.2) is 0 Å². The van der Waals surface area contributed by atoms with E-state index in [1.165, 1.54) is 0 Å². The van der Waals surface area contributed by atoms with Crippen LogP contribution in [-0.4, -0.2) is 10.1 Å². The van der Waals surface area contributed by atoms with E-state index in [1.54, 1.807) is 30.5 Å². The number of hydrogen-bond acceptors (Lipinski definition) is 3. The summed E-state index contributed by atoms with van der Waals surface area (Å²) in [6.07, 6.45) is 1.72. The molecule has 15 heavy (non-hydrogen) atoms. The van der Waals surface area contributed by atoms with Crippen LogP contribution in [-0.2, 0) is 6.61 Å². The number of aromatic nitrogens is 1. The molecule has 76 valence electrons. The second-order valence-electron chi connectivity index (χ2n) is 3.11. The average Bonchev–Trinajstić information content (AvgIpc) is 2.28. The van der Waals surface area contributed by atoms with Crippen molar-refractivity contribution in [2.75, 3.05) is 0 Å². The Bertz CT molecular complexity index is 429. The maximum atomic E-state index is 9.21. The fourth-order valence-electron chi connectivity index (χ4n) is 1.21. The zero-order valence-corrected chi connectivity index (χ0v) is 8.13. The van der Waals surface area contributed by atoms with Gasteiger partial charge in [-0.3, -0.25) is 4.98 Å². The maximum Gasteiger partial charge on any atom is 0.130 e. The molecule has 1 aromatic heterocycles. The van der Waals surface area contributed by atoms with Crippen molar-refractivity contribution in [1.82, 2.24) is 4.98 Å². The fraction of sp³-hybridized carbons (Fsp3) is 0.0833. The largest absolute Gasteiger partial charge is 0.508 e. The summed E-state index contributed by atoms with van der Waals surface area (Å²) in [7, 11) is 0. The number of nitrogens with zero attached hydrogens (tertiary/aromatic N) is 1. The molecule has 1 N–H and O–H groups in total. The van der Waals surface area contributed by atoms with Gasteiger partial charge < -0.3 is 9.84 Å². The van der Waals surface area contributed by atoms with Gasteiger partial charge in [0.1, 0.15) is 18.1 Å². The van der Waals surface area contributed by atoms with E-state index in [0.29, 0.717) is 12.4 Å². The van der Waals surface area contributed by atoms with Gasteiger partial charge in [-0.2, -0.15) is 0 Å². The summed E-state index contributed by atoms with van der Waals surface area (Å²) in [4.78, 5) is 4.13. The Morgan fingerprint density at radius 2 is 2.07 bits per heavy atom. The van der Waals surface area contributed by atoms with Crippen molar-refractivity contribution in [3.63, 3.8) is 0 Å². The van der Waals surface area contributed by atoms with Gasteiger partial charge in [-0.15, -0.1) is 0 Å². The first-order chi connectivity index (χ1) is 7.34. The van der Waals surface area contributed by atoms with Crippen molar-refractivity contribution in [2.24, 2.45) is 0 Å². The lowest BCUT2D eigenvalue weighted by Gasteiger charge is -2.05. The molecule has 0 atom stereocenters. The summed E-state index contributed by atoms with van der Waals surface area (Å²) in [5, 5.41) is 9.21. The number of aromatic hydroxyl groups is 1. The Morgan fingerprint density at radius 1 is 1.13 bits per heavy atom. The second kappa shape index (κ2) is 4.46. The zero-order valence-electron chi connectivity index (χ0n) is 8.13. The van der Waals surface area contributed by atoms with Crippen molar-refractivity contribution in [3.8, 4) is 11.5 Å². The van der Waals surface area contributed by atoms with Gasteiger partial charge >= 0.3 is 0 Å². The molecule has 0 unspecified atom stereocenters. The topological polar surface area (TPSA) is 42.4 Å². The van der Waals surface area contributed by atoms with E-state index in [2.05, 4.69) is 4.98 Å². The van der Waals surface area contributed by atoms with Crippen LogP contribution in [0.1, 0.15) is 5.69 Å². The number of ether oxygens (including phenoxy) is 1. The molecule has 3 nitrogen and oxygen atoms in total. The molecule has 0 spiro atoms. The molecular formula is C12H11NO2. The lowest BCUT2D eigenvalue weighted by atomic mass is 10.3. The Hall–Kier alpha value is -2.03. The molecule has 0 saturated carbocycles. The highest BCUT2D eigenvalue weighted by Crippen LogP contribution is 2.18. The number of rotatable bonds is 3.